The Morgan fingerprint density at radius 2 is 1.90 bits per heavy atom. The van der Waals surface area contributed by atoms with Crippen LogP contribution in [0.2, 0.25) is 0 Å². The standard InChI is InChI=1S/C23H24N5OP/c1-30(2,29)21-9-5-4-8-20(21)26-22-14-15-24-23(27-22)25-18-10-12-19(13-11-18)28-16-6-3-7-17-28/h3-6,8-10,12,14-15H,7,16-17H2,1-2H3,(H2,24,25,26,27). The van der Waals surface area contributed by atoms with E-state index in [4.69, 9.17) is 0 Å². The molecule has 30 heavy (non-hydrogen) atoms. The van der Waals surface area contributed by atoms with Gasteiger partial charge in [-0.1, -0.05) is 24.3 Å². The summed E-state index contributed by atoms with van der Waals surface area (Å²) in [5.41, 5.74) is 2.56. The summed E-state index contributed by atoms with van der Waals surface area (Å²) in [6, 6.07) is 19.7. The lowest BCUT2D eigenvalue weighted by molar-refractivity contribution is 0.588. The van der Waals surface area contributed by atoms with Crippen LogP contribution in [0.5, 0.6) is 0 Å². The van der Waals surface area contributed by atoms with Crippen LogP contribution in [0, 0.1) is 12.1 Å². The fourth-order valence-corrected chi connectivity index (χ4v) is 4.45. The zero-order valence-electron chi connectivity index (χ0n) is 17.1. The fourth-order valence-electron chi connectivity index (χ4n) is 3.29. The summed E-state index contributed by atoms with van der Waals surface area (Å²) in [5, 5.41) is 7.23. The molecule has 6 nitrogen and oxygen atoms in total. The second-order valence-corrected chi connectivity index (χ2v) is 10.7. The van der Waals surface area contributed by atoms with Crippen molar-refractivity contribution in [3.8, 4) is 0 Å². The van der Waals surface area contributed by atoms with Crippen LogP contribution in [0.3, 0.4) is 0 Å². The molecule has 1 aliphatic rings. The van der Waals surface area contributed by atoms with Gasteiger partial charge in [0.2, 0.25) is 5.95 Å². The molecule has 152 valence electrons. The zero-order valence-corrected chi connectivity index (χ0v) is 18.0. The molecule has 0 atom stereocenters. The highest BCUT2D eigenvalue weighted by Gasteiger charge is 2.16. The molecule has 0 fully saturated rings. The summed E-state index contributed by atoms with van der Waals surface area (Å²) in [7, 11) is -2.41. The number of nitrogens with one attached hydrogen (secondary N) is 2. The van der Waals surface area contributed by atoms with Crippen LogP contribution < -0.4 is 20.8 Å². The average molecular weight is 417 g/mol. The van der Waals surface area contributed by atoms with Gasteiger partial charge in [-0.3, -0.25) is 0 Å². The molecule has 4 rings (SSSR count). The minimum absolute atomic E-state index is 0.451. The van der Waals surface area contributed by atoms with Crippen molar-refractivity contribution in [2.45, 2.75) is 6.42 Å². The van der Waals surface area contributed by atoms with E-state index in [1.807, 2.05) is 36.4 Å². The van der Waals surface area contributed by atoms with E-state index in [1.165, 1.54) is 0 Å². The smallest absolute Gasteiger partial charge is 0.229 e. The summed E-state index contributed by atoms with van der Waals surface area (Å²) in [6.45, 7) is 5.42. The number of nitrogens with zero attached hydrogens (tertiary/aromatic N) is 3. The lowest BCUT2D eigenvalue weighted by Gasteiger charge is -2.23. The van der Waals surface area contributed by atoms with Crippen LogP contribution in [0.4, 0.5) is 28.8 Å². The van der Waals surface area contributed by atoms with Gasteiger partial charge in [0, 0.05) is 24.6 Å². The van der Waals surface area contributed by atoms with Gasteiger partial charge in [-0.05, 0) is 62.2 Å². The molecule has 2 N–H and O–H groups in total. The van der Waals surface area contributed by atoms with Crippen molar-refractivity contribution in [1.82, 2.24) is 9.97 Å². The molecule has 0 unspecified atom stereocenters. The van der Waals surface area contributed by atoms with Gasteiger partial charge < -0.3 is 20.1 Å². The normalized spacial score (nSPS) is 13.6. The molecule has 2 heterocycles. The molecule has 1 aromatic heterocycles. The van der Waals surface area contributed by atoms with Crippen LogP contribution in [0.15, 0.2) is 60.8 Å². The van der Waals surface area contributed by atoms with E-state index in [2.05, 4.69) is 49.8 Å². The van der Waals surface area contributed by atoms with Gasteiger partial charge in [0.05, 0.1) is 17.1 Å². The highest BCUT2D eigenvalue weighted by atomic mass is 31.2. The molecule has 1 aliphatic heterocycles. The fraction of sp³-hybridized carbons (Fsp3) is 0.217. The predicted molar refractivity (Wildman–Crippen MR) is 124 cm³/mol. The lowest BCUT2D eigenvalue weighted by Crippen LogP contribution is -2.26. The Kier molecular flexibility index (Phi) is 5.74. The summed E-state index contributed by atoms with van der Waals surface area (Å²) in [5.74, 6) is 1.07. The summed E-state index contributed by atoms with van der Waals surface area (Å²) in [4.78, 5) is 11.1. The van der Waals surface area contributed by atoms with Crippen molar-refractivity contribution >= 4 is 41.3 Å². The number of rotatable bonds is 6. The first kappa shape index (κ1) is 20.0. The average Bonchev–Trinajstić information content (AvgIpc) is 2.75. The van der Waals surface area contributed by atoms with Gasteiger partial charge in [0.15, 0.2) is 0 Å². The highest BCUT2D eigenvalue weighted by Crippen LogP contribution is 2.38. The molecule has 0 saturated carbocycles. The Balaban J connectivity index is 1.48. The number of hydrogen-bond donors (Lipinski definition) is 2. The maximum Gasteiger partial charge on any atom is 0.229 e. The summed E-state index contributed by atoms with van der Waals surface area (Å²) >= 11 is 0. The highest BCUT2D eigenvalue weighted by molar-refractivity contribution is 7.70. The van der Waals surface area contributed by atoms with Crippen molar-refractivity contribution in [3.05, 3.63) is 72.9 Å². The molecule has 0 spiro atoms. The van der Waals surface area contributed by atoms with Gasteiger partial charge in [-0.15, -0.1) is 0 Å². The number of para-hydroxylation sites is 1. The molecule has 3 aromatic rings. The van der Waals surface area contributed by atoms with Crippen molar-refractivity contribution < 1.29 is 4.57 Å². The molecular formula is C23H24N5OP. The van der Waals surface area contributed by atoms with Gasteiger partial charge >= 0.3 is 0 Å². The quantitative estimate of drug-likeness (QED) is 0.452. The van der Waals surface area contributed by atoms with Gasteiger partial charge in [0.25, 0.3) is 0 Å². The SMILES string of the molecule is CP(C)(=O)c1ccccc1Nc1ccnc(Nc2c#cc(N3CC=CCC3)cc2)n1. The van der Waals surface area contributed by atoms with Crippen molar-refractivity contribution in [1.29, 1.82) is 0 Å². The largest absolute Gasteiger partial charge is 0.361 e. The van der Waals surface area contributed by atoms with Gasteiger partial charge in [-0.2, -0.15) is 4.98 Å². The Hall–Kier alpha value is -3.29. The first-order valence-electron chi connectivity index (χ1n) is 9.85. The van der Waals surface area contributed by atoms with Crippen molar-refractivity contribution in [3.63, 3.8) is 0 Å². The summed E-state index contributed by atoms with van der Waals surface area (Å²) < 4.78 is 12.6. The third-order valence-electron chi connectivity index (χ3n) is 4.78. The zero-order chi connectivity index (χ0) is 21.0. The number of hydrogen-bond acceptors (Lipinski definition) is 6. The van der Waals surface area contributed by atoms with Gasteiger partial charge in [-0.25, -0.2) is 4.98 Å². The Morgan fingerprint density at radius 3 is 2.63 bits per heavy atom. The minimum Gasteiger partial charge on any atom is -0.361 e. The number of benzene rings is 1. The number of aromatic nitrogens is 2. The third-order valence-corrected chi connectivity index (χ3v) is 6.33. The molecule has 0 radical (unpaired) electrons. The van der Waals surface area contributed by atoms with E-state index in [1.54, 1.807) is 25.6 Å². The molecule has 2 aromatic carbocycles. The van der Waals surface area contributed by atoms with Crippen LogP contribution in [0.25, 0.3) is 0 Å². The second kappa shape index (κ2) is 8.61. The van der Waals surface area contributed by atoms with E-state index in [0.717, 1.165) is 41.9 Å². The first-order valence-corrected chi connectivity index (χ1v) is 12.4. The predicted octanol–water partition coefficient (Wildman–Crippen LogP) is 4.58. The van der Waals surface area contributed by atoms with E-state index in [9.17, 15) is 4.57 Å². The monoisotopic (exact) mass is 417 g/mol. The second-order valence-electron chi connectivity index (χ2n) is 7.47. The van der Waals surface area contributed by atoms with Crippen LogP contribution in [-0.2, 0) is 4.57 Å². The third kappa shape index (κ3) is 4.82. The lowest BCUT2D eigenvalue weighted by atomic mass is 10.2. The Bertz CT molecular complexity index is 1090. The first-order chi connectivity index (χ1) is 14.5. The summed E-state index contributed by atoms with van der Waals surface area (Å²) in [6.07, 6.45) is 7.10. The molecule has 0 aliphatic carbocycles. The van der Waals surface area contributed by atoms with E-state index in [0.29, 0.717) is 11.8 Å². The van der Waals surface area contributed by atoms with Gasteiger partial charge in [0.1, 0.15) is 13.0 Å². The van der Waals surface area contributed by atoms with Crippen LogP contribution in [-0.4, -0.2) is 36.4 Å². The van der Waals surface area contributed by atoms with Crippen LogP contribution >= 0.6 is 7.14 Å². The maximum atomic E-state index is 12.6. The molecule has 7 heteroatoms. The Labute approximate surface area is 177 Å². The maximum absolute atomic E-state index is 12.6. The molecular weight excluding hydrogens is 393 g/mol. The number of anilines is 5. The topological polar surface area (TPSA) is 70.2 Å². The Morgan fingerprint density at radius 1 is 1.03 bits per heavy atom. The van der Waals surface area contributed by atoms with Crippen molar-refractivity contribution in [2.24, 2.45) is 0 Å². The van der Waals surface area contributed by atoms with E-state index >= 15 is 0 Å². The minimum atomic E-state index is -2.41. The van der Waals surface area contributed by atoms with E-state index in [-0.39, 0.29) is 0 Å². The van der Waals surface area contributed by atoms with Crippen LogP contribution in [0.1, 0.15) is 6.42 Å². The molecule has 0 amide bonds. The molecule has 0 saturated heterocycles. The van der Waals surface area contributed by atoms with E-state index < -0.39 is 7.14 Å². The molecule has 0 bridgehead atoms. The van der Waals surface area contributed by atoms with Crippen molar-refractivity contribution in [2.75, 3.05) is 42.0 Å².